The average molecular weight is 273 g/mol. The van der Waals surface area contributed by atoms with Gasteiger partial charge in [0.25, 0.3) is 0 Å². The zero-order valence-electron chi connectivity index (χ0n) is 11.5. The van der Waals surface area contributed by atoms with Gasteiger partial charge in [-0.1, -0.05) is 0 Å². The molecular formula is C12H23N3O4. The zero-order valence-corrected chi connectivity index (χ0v) is 11.5. The predicted molar refractivity (Wildman–Crippen MR) is 69.9 cm³/mol. The van der Waals surface area contributed by atoms with Crippen LogP contribution in [-0.4, -0.2) is 77.9 Å². The van der Waals surface area contributed by atoms with Gasteiger partial charge in [-0.3, -0.25) is 0 Å². The number of amides is 2. The highest BCUT2D eigenvalue weighted by Gasteiger charge is 2.26. The summed E-state index contributed by atoms with van der Waals surface area (Å²) in [7, 11) is 4.03. The highest BCUT2D eigenvalue weighted by atomic mass is 16.4. The Balaban J connectivity index is 2.44. The highest BCUT2D eigenvalue weighted by Crippen LogP contribution is 2.14. The topological polar surface area (TPSA) is 93.1 Å². The molecule has 1 rings (SSSR count). The summed E-state index contributed by atoms with van der Waals surface area (Å²) in [6, 6.07) is -0.918. The van der Waals surface area contributed by atoms with Gasteiger partial charge >= 0.3 is 12.0 Å². The third-order valence-electron chi connectivity index (χ3n) is 3.50. The molecule has 2 amide bonds. The monoisotopic (exact) mass is 273 g/mol. The van der Waals surface area contributed by atoms with Crippen LogP contribution < -0.4 is 5.32 Å². The van der Waals surface area contributed by atoms with Crippen molar-refractivity contribution >= 4 is 12.0 Å². The van der Waals surface area contributed by atoms with Gasteiger partial charge in [0.1, 0.15) is 6.04 Å². The average Bonchev–Trinajstić information content (AvgIpc) is 2.38. The first-order valence-electron chi connectivity index (χ1n) is 6.51. The van der Waals surface area contributed by atoms with Gasteiger partial charge < -0.3 is 25.3 Å². The summed E-state index contributed by atoms with van der Waals surface area (Å²) < 4.78 is 0. The summed E-state index contributed by atoms with van der Waals surface area (Å²) in [5, 5.41) is 20.1. The van der Waals surface area contributed by atoms with E-state index in [1.807, 2.05) is 14.1 Å². The minimum atomic E-state index is -1.12. The second-order valence-electron chi connectivity index (χ2n) is 5.03. The van der Waals surface area contributed by atoms with Crippen LogP contribution in [0.1, 0.15) is 19.3 Å². The number of hydrogen-bond acceptors (Lipinski definition) is 4. The molecule has 0 aromatic carbocycles. The van der Waals surface area contributed by atoms with E-state index in [2.05, 4.69) is 10.2 Å². The number of aliphatic carboxylic acids is 1. The molecule has 0 aromatic rings. The van der Waals surface area contributed by atoms with Crippen molar-refractivity contribution in [2.45, 2.75) is 31.3 Å². The predicted octanol–water partition coefficient (Wildman–Crippen LogP) is -0.442. The molecule has 1 aliphatic heterocycles. The van der Waals surface area contributed by atoms with E-state index in [9.17, 15) is 9.59 Å². The van der Waals surface area contributed by atoms with Gasteiger partial charge in [0.05, 0.1) is 0 Å². The van der Waals surface area contributed by atoms with Crippen molar-refractivity contribution in [1.82, 2.24) is 15.1 Å². The van der Waals surface area contributed by atoms with Crippen LogP contribution in [0.4, 0.5) is 4.79 Å². The van der Waals surface area contributed by atoms with Crippen molar-refractivity contribution in [3.63, 3.8) is 0 Å². The summed E-state index contributed by atoms with van der Waals surface area (Å²) in [6.07, 6.45) is 1.80. The molecule has 3 N–H and O–H groups in total. The third kappa shape index (κ3) is 4.68. The van der Waals surface area contributed by atoms with E-state index in [1.165, 1.54) is 0 Å². The number of nitrogens with zero attached hydrogens (tertiary/aromatic N) is 2. The number of aliphatic hydroxyl groups is 1. The molecule has 1 heterocycles. The van der Waals surface area contributed by atoms with Gasteiger partial charge in [-0.05, 0) is 26.9 Å². The Hall–Kier alpha value is -1.34. The highest BCUT2D eigenvalue weighted by molar-refractivity contribution is 5.82. The van der Waals surface area contributed by atoms with Crippen LogP contribution in [0, 0.1) is 0 Å². The van der Waals surface area contributed by atoms with Crippen molar-refractivity contribution in [1.29, 1.82) is 0 Å². The maximum absolute atomic E-state index is 11.9. The number of rotatable bonds is 5. The van der Waals surface area contributed by atoms with E-state index >= 15 is 0 Å². The Bertz CT molecular complexity index is 314. The minimum Gasteiger partial charge on any atom is -0.480 e. The summed E-state index contributed by atoms with van der Waals surface area (Å²) in [5.74, 6) is -1.12. The molecule has 19 heavy (non-hydrogen) atoms. The number of carbonyl (C=O) groups excluding carboxylic acids is 1. The number of urea groups is 1. The number of carboxylic acids is 1. The molecule has 1 fully saturated rings. The van der Waals surface area contributed by atoms with Crippen LogP contribution in [0.2, 0.25) is 0 Å². The molecule has 0 spiro atoms. The Labute approximate surface area is 113 Å². The molecule has 1 aliphatic rings. The second-order valence-corrected chi connectivity index (χ2v) is 5.03. The molecule has 0 aromatic heterocycles. The van der Waals surface area contributed by atoms with Crippen molar-refractivity contribution in [2.24, 2.45) is 0 Å². The Morgan fingerprint density at radius 1 is 1.37 bits per heavy atom. The van der Waals surface area contributed by atoms with Crippen molar-refractivity contribution in [2.75, 3.05) is 33.8 Å². The van der Waals surface area contributed by atoms with Crippen LogP contribution in [-0.2, 0) is 4.79 Å². The van der Waals surface area contributed by atoms with Gasteiger partial charge in [-0.25, -0.2) is 9.59 Å². The third-order valence-corrected chi connectivity index (χ3v) is 3.50. The molecule has 0 radical (unpaired) electrons. The molecule has 1 unspecified atom stereocenters. The van der Waals surface area contributed by atoms with Crippen LogP contribution in [0.3, 0.4) is 0 Å². The molecule has 0 saturated carbocycles. The van der Waals surface area contributed by atoms with Crippen LogP contribution in [0.25, 0.3) is 0 Å². The second kappa shape index (κ2) is 7.30. The molecule has 1 atom stereocenters. The fourth-order valence-corrected chi connectivity index (χ4v) is 2.21. The number of carboxylic acid groups (broad SMARTS) is 1. The van der Waals surface area contributed by atoms with E-state index < -0.39 is 12.0 Å². The Morgan fingerprint density at radius 2 is 1.95 bits per heavy atom. The molecular weight excluding hydrogens is 250 g/mol. The number of aliphatic hydroxyl groups excluding tert-OH is 1. The number of hydrogen-bond donors (Lipinski definition) is 3. The summed E-state index contributed by atoms with van der Waals surface area (Å²) in [5.41, 5.74) is 0. The lowest BCUT2D eigenvalue weighted by Crippen LogP contribution is -2.52. The molecule has 110 valence electrons. The normalized spacial score (nSPS) is 18.4. The van der Waals surface area contributed by atoms with Crippen molar-refractivity contribution in [3.8, 4) is 0 Å². The Morgan fingerprint density at radius 3 is 2.37 bits per heavy atom. The maximum Gasteiger partial charge on any atom is 0.326 e. The van der Waals surface area contributed by atoms with E-state index in [0.717, 1.165) is 12.8 Å². The number of likely N-dealkylation sites (tertiary alicyclic amines) is 1. The number of nitrogens with one attached hydrogen (secondary N) is 1. The van der Waals surface area contributed by atoms with Gasteiger partial charge in [-0.2, -0.15) is 0 Å². The first kappa shape index (κ1) is 15.7. The largest absolute Gasteiger partial charge is 0.480 e. The first-order valence-corrected chi connectivity index (χ1v) is 6.51. The first-order chi connectivity index (χ1) is 8.95. The van der Waals surface area contributed by atoms with Gasteiger partial charge in [0.15, 0.2) is 0 Å². The molecule has 0 aliphatic carbocycles. The van der Waals surface area contributed by atoms with Gasteiger partial charge in [0.2, 0.25) is 0 Å². The molecule has 0 bridgehead atoms. The lowest BCUT2D eigenvalue weighted by atomic mass is 10.0. The summed E-state index contributed by atoms with van der Waals surface area (Å²) in [4.78, 5) is 26.6. The molecule has 7 nitrogen and oxygen atoms in total. The van der Waals surface area contributed by atoms with Crippen LogP contribution in [0.5, 0.6) is 0 Å². The van der Waals surface area contributed by atoms with Gasteiger partial charge in [-0.15, -0.1) is 0 Å². The van der Waals surface area contributed by atoms with Gasteiger partial charge in [0, 0.05) is 32.2 Å². The lowest BCUT2D eigenvalue weighted by molar-refractivity contribution is -0.139. The van der Waals surface area contributed by atoms with Crippen molar-refractivity contribution < 1.29 is 19.8 Å². The van der Waals surface area contributed by atoms with E-state index in [-0.39, 0.29) is 19.1 Å². The van der Waals surface area contributed by atoms with Crippen molar-refractivity contribution in [3.05, 3.63) is 0 Å². The van der Waals surface area contributed by atoms with E-state index in [0.29, 0.717) is 19.1 Å². The zero-order chi connectivity index (χ0) is 14.4. The smallest absolute Gasteiger partial charge is 0.326 e. The number of piperidine rings is 1. The van der Waals surface area contributed by atoms with E-state index in [1.54, 1.807) is 4.90 Å². The SMILES string of the molecule is CN(C)C1CCN(C(=O)NC(CCO)C(=O)O)CC1. The standard InChI is InChI=1S/C12H23N3O4/c1-14(2)9-3-6-15(7-4-9)12(19)13-10(5-8-16)11(17)18/h9-10,16H,3-8H2,1-2H3,(H,13,19)(H,17,18). The Kier molecular flexibility index (Phi) is 6.04. The molecule has 7 heteroatoms. The van der Waals surface area contributed by atoms with E-state index in [4.69, 9.17) is 10.2 Å². The minimum absolute atomic E-state index is 0.0231. The number of carbonyl (C=O) groups is 2. The maximum atomic E-state index is 11.9. The lowest BCUT2D eigenvalue weighted by Gasteiger charge is -2.35. The quantitative estimate of drug-likeness (QED) is 0.631. The fourth-order valence-electron chi connectivity index (χ4n) is 2.21. The van der Waals surface area contributed by atoms with Crippen LogP contribution >= 0.6 is 0 Å². The fraction of sp³-hybridized carbons (Fsp3) is 0.833. The molecule has 1 saturated heterocycles. The summed E-state index contributed by atoms with van der Waals surface area (Å²) >= 11 is 0. The summed E-state index contributed by atoms with van der Waals surface area (Å²) in [6.45, 7) is 0.986. The van der Waals surface area contributed by atoms with Crippen LogP contribution in [0.15, 0.2) is 0 Å².